The quantitative estimate of drug-likeness (QED) is 0.321. The van der Waals surface area contributed by atoms with Crippen molar-refractivity contribution >= 4 is 50.9 Å². The number of amides is 2. The standard InChI is InChI=1S/C30H36Cl2N4O4S/c1-30(2,3)33-29(38)27(18-22-12-8-6-9-13-22)35(20-23-16-17-24(31)19-26(23)32)28(37)21-36(41(39,40)34(4)5)25-14-10-7-11-15-25/h6-17,19,27H,18,20-21H2,1-5H3,(H,33,38). The van der Waals surface area contributed by atoms with Crippen LogP contribution in [0.1, 0.15) is 31.9 Å². The van der Waals surface area contributed by atoms with Gasteiger partial charge in [0.15, 0.2) is 0 Å². The van der Waals surface area contributed by atoms with Crippen LogP contribution in [0.5, 0.6) is 0 Å². The van der Waals surface area contributed by atoms with Gasteiger partial charge in [0.1, 0.15) is 12.6 Å². The van der Waals surface area contributed by atoms with Crippen molar-refractivity contribution < 1.29 is 18.0 Å². The Morgan fingerprint density at radius 1 is 0.902 bits per heavy atom. The maximum Gasteiger partial charge on any atom is 0.304 e. The van der Waals surface area contributed by atoms with Gasteiger partial charge in [0.2, 0.25) is 11.8 Å². The molecule has 3 rings (SSSR count). The number of hydrogen-bond acceptors (Lipinski definition) is 4. The lowest BCUT2D eigenvalue weighted by atomic mass is 10.0. The number of para-hydroxylation sites is 1. The molecule has 220 valence electrons. The Bertz CT molecular complexity index is 1450. The lowest BCUT2D eigenvalue weighted by Crippen LogP contribution is -2.56. The summed E-state index contributed by atoms with van der Waals surface area (Å²) in [6.45, 7) is 4.98. The zero-order chi connectivity index (χ0) is 30.4. The van der Waals surface area contributed by atoms with Crippen LogP contribution >= 0.6 is 23.2 Å². The second-order valence-electron chi connectivity index (χ2n) is 10.8. The molecule has 11 heteroatoms. The van der Waals surface area contributed by atoms with E-state index in [0.29, 0.717) is 21.3 Å². The smallest absolute Gasteiger partial charge is 0.304 e. The van der Waals surface area contributed by atoms with Crippen LogP contribution in [0.3, 0.4) is 0 Å². The molecule has 0 aliphatic heterocycles. The second-order valence-corrected chi connectivity index (χ2v) is 13.7. The van der Waals surface area contributed by atoms with Gasteiger partial charge in [-0.3, -0.25) is 9.59 Å². The first-order chi connectivity index (χ1) is 19.2. The average molecular weight is 620 g/mol. The predicted molar refractivity (Wildman–Crippen MR) is 165 cm³/mol. The van der Waals surface area contributed by atoms with Gasteiger partial charge in [0.25, 0.3) is 0 Å². The van der Waals surface area contributed by atoms with E-state index < -0.39 is 34.2 Å². The van der Waals surface area contributed by atoms with E-state index >= 15 is 0 Å². The molecular weight excluding hydrogens is 583 g/mol. The van der Waals surface area contributed by atoms with Gasteiger partial charge < -0.3 is 10.2 Å². The minimum atomic E-state index is -4.07. The number of nitrogens with zero attached hydrogens (tertiary/aromatic N) is 3. The maximum atomic E-state index is 14.2. The van der Waals surface area contributed by atoms with E-state index in [9.17, 15) is 18.0 Å². The van der Waals surface area contributed by atoms with E-state index in [-0.39, 0.29) is 18.9 Å². The summed E-state index contributed by atoms with van der Waals surface area (Å²) in [6.07, 6.45) is 0.200. The van der Waals surface area contributed by atoms with E-state index in [2.05, 4.69) is 5.32 Å². The Kier molecular flexibility index (Phi) is 10.8. The molecule has 8 nitrogen and oxygen atoms in total. The second kappa shape index (κ2) is 13.7. The number of anilines is 1. The summed E-state index contributed by atoms with van der Waals surface area (Å²) in [7, 11) is -1.27. The molecule has 0 bridgehead atoms. The monoisotopic (exact) mass is 618 g/mol. The highest BCUT2D eigenvalue weighted by Crippen LogP contribution is 2.26. The summed E-state index contributed by atoms with van der Waals surface area (Å²) < 4.78 is 28.9. The summed E-state index contributed by atoms with van der Waals surface area (Å²) >= 11 is 12.6. The largest absolute Gasteiger partial charge is 0.350 e. The first kappa shape index (κ1) is 32.4. The summed E-state index contributed by atoms with van der Waals surface area (Å²) in [5, 5.41) is 3.74. The van der Waals surface area contributed by atoms with Crippen molar-refractivity contribution in [3.05, 3.63) is 100 Å². The van der Waals surface area contributed by atoms with E-state index in [4.69, 9.17) is 23.2 Å². The van der Waals surface area contributed by atoms with Crippen molar-refractivity contribution in [1.29, 1.82) is 0 Å². The minimum Gasteiger partial charge on any atom is -0.350 e. The Balaban J connectivity index is 2.12. The van der Waals surface area contributed by atoms with Crippen molar-refractivity contribution in [1.82, 2.24) is 14.5 Å². The van der Waals surface area contributed by atoms with Gasteiger partial charge in [0, 0.05) is 42.6 Å². The van der Waals surface area contributed by atoms with Crippen LogP contribution in [-0.4, -0.2) is 61.7 Å². The van der Waals surface area contributed by atoms with Crippen LogP contribution in [0.25, 0.3) is 0 Å². The summed E-state index contributed by atoms with van der Waals surface area (Å²) in [5.74, 6) is -0.947. The fraction of sp³-hybridized carbons (Fsp3) is 0.333. The zero-order valence-corrected chi connectivity index (χ0v) is 26.2. The van der Waals surface area contributed by atoms with Crippen molar-refractivity contribution in [2.45, 2.75) is 45.3 Å². The highest BCUT2D eigenvalue weighted by atomic mass is 35.5. The average Bonchev–Trinajstić information content (AvgIpc) is 2.90. The van der Waals surface area contributed by atoms with E-state index in [1.54, 1.807) is 48.5 Å². The van der Waals surface area contributed by atoms with Crippen LogP contribution in [-0.2, 0) is 32.8 Å². The SMILES string of the molecule is CN(C)S(=O)(=O)N(CC(=O)N(Cc1ccc(Cl)cc1Cl)C(Cc1ccccc1)C(=O)NC(C)(C)C)c1ccccc1. The number of carbonyl (C=O) groups is 2. The molecule has 0 aromatic heterocycles. The van der Waals surface area contributed by atoms with Crippen molar-refractivity contribution in [3.8, 4) is 0 Å². The molecule has 3 aromatic rings. The van der Waals surface area contributed by atoms with Crippen LogP contribution in [0.15, 0.2) is 78.9 Å². The molecule has 0 saturated heterocycles. The molecule has 0 radical (unpaired) electrons. The number of nitrogens with one attached hydrogen (secondary N) is 1. The van der Waals surface area contributed by atoms with Crippen LogP contribution in [0, 0.1) is 0 Å². The van der Waals surface area contributed by atoms with E-state index in [1.807, 2.05) is 51.1 Å². The van der Waals surface area contributed by atoms with Crippen molar-refractivity contribution in [3.63, 3.8) is 0 Å². The number of benzene rings is 3. The molecule has 2 amide bonds. The summed E-state index contributed by atoms with van der Waals surface area (Å²) in [5.41, 5.74) is 1.14. The molecule has 1 atom stereocenters. The first-order valence-corrected chi connectivity index (χ1v) is 15.2. The molecule has 0 aliphatic rings. The van der Waals surface area contributed by atoms with Gasteiger partial charge in [-0.25, -0.2) is 4.31 Å². The molecule has 0 saturated carbocycles. The number of rotatable bonds is 11. The summed E-state index contributed by atoms with van der Waals surface area (Å²) in [4.78, 5) is 29.4. The molecule has 41 heavy (non-hydrogen) atoms. The fourth-order valence-corrected chi connectivity index (χ4v) is 5.68. The van der Waals surface area contributed by atoms with Gasteiger partial charge in [-0.2, -0.15) is 12.7 Å². The maximum absolute atomic E-state index is 14.2. The molecule has 1 N–H and O–H groups in total. The van der Waals surface area contributed by atoms with Gasteiger partial charge in [0.05, 0.1) is 5.69 Å². The highest BCUT2D eigenvalue weighted by Gasteiger charge is 2.35. The molecule has 3 aromatic carbocycles. The molecule has 1 unspecified atom stereocenters. The predicted octanol–water partition coefficient (Wildman–Crippen LogP) is 5.16. The van der Waals surface area contributed by atoms with Gasteiger partial charge in [-0.15, -0.1) is 0 Å². The van der Waals surface area contributed by atoms with Gasteiger partial charge >= 0.3 is 10.2 Å². The molecule has 0 aliphatic carbocycles. The highest BCUT2D eigenvalue weighted by molar-refractivity contribution is 7.90. The van der Waals surface area contributed by atoms with E-state index in [1.165, 1.54) is 19.0 Å². The minimum absolute atomic E-state index is 0.0471. The van der Waals surface area contributed by atoms with Crippen LogP contribution in [0.4, 0.5) is 5.69 Å². The Morgan fingerprint density at radius 3 is 2.02 bits per heavy atom. The van der Waals surface area contributed by atoms with Gasteiger partial charge in [-0.1, -0.05) is 77.8 Å². The third-order valence-corrected chi connectivity index (χ3v) is 8.59. The number of hydrogen-bond donors (Lipinski definition) is 1. The lowest BCUT2D eigenvalue weighted by molar-refractivity contribution is -0.140. The van der Waals surface area contributed by atoms with Crippen LogP contribution < -0.4 is 9.62 Å². The normalized spacial score (nSPS) is 12.6. The summed E-state index contributed by atoms with van der Waals surface area (Å²) in [6, 6.07) is 21.6. The topological polar surface area (TPSA) is 90.0 Å². The van der Waals surface area contributed by atoms with Crippen LogP contribution in [0.2, 0.25) is 10.0 Å². The number of carbonyl (C=O) groups excluding carboxylic acids is 2. The number of halogens is 2. The third kappa shape index (κ3) is 8.94. The van der Waals surface area contributed by atoms with Crippen molar-refractivity contribution in [2.75, 3.05) is 24.9 Å². The zero-order valence-electron chi connectivity index (χ0n) is 23.8. The molecule has 0 spiro atoms. The Morgan fingerprint density at radius 2 is 1.49 bits per heavy atom. The first-order valence-electron chi connectivity index (χ1n) is 13.0. The molecule has 0 fully saturated rings. The lowest BCUT2D eigenvalue weighted by Gasteiger charge is -2.36. The molecular formula is C30H36Cl2N4O4S. The fourth-order valence-electron chi connectivity index (χ4n) is 4.15. The van der Waals surface area contributed by atoms with E-state index in [0.717, 1.165) is 14.2 Å². The Labute approximate surface area is 253 Å². The molecule has 0 heterocycles. The third-order valence-electron chi connectivity index (χ3n) is 6.19. The van der Waals surface area contributed by atoms with Crippen molar-refractivity contribution in [2.24, 2.45) is 0 Å². The van der Waals surface area contributed by atoms with Gasteiger partial charge in [-0.05, 0) is 56.2 Å². The Hall–Kier alpha value is -3.11.